The predicted octanol–water partition coefficient (Wildman–Crippen LogP) is 3.45. The lowest BCUT2D eigenvalue weighted by Crippen LogP contribution is -2.27. The number of fused-ring (bicyclic) bond motifs is 1. The molecule has 0 saturated heterocycles. The fourth-order valence-corrected chi connectivity index (χ4v) is 2.37. The molecule has 1 N–H and O–H groups in total. The van der Waals surface area contributed by atoms with Crippen molar-refractivity contribution in [1.82, 2.24) is 5.48 Å². The summed E-state index contributed by atoms with van der Waals surface area (Å²) >= 11 is 0. The van der Waals surface area contributed by atoms with Crippen LogP contribution in [0.25, 0.3) is 0 Å². The number of nitrogens with one attached hydrogen (secondary N) is 1. The van der Waals surface area contributed by atoms with Crippen molar-refractivity contribution in [3.05, 3.63) is 54.1 Å². The zero-order valence-corrected chi connectivity index (χ0v) is 11.5. The smallest absolute Gasteiger partial charge is 0.128 e. The van der Waals surface area contributed by atoms with Crippen molar-refractivity contribution >= 4 is 0 Å². The topological polar surface area (TPSA) is 39.7 Å². The number of hydrogen-bond acceptors (Lipinski definition) is 4. The molecule has 0 aliphatic carbocycles. The Morgan fingerprint density at radius 1 is 1.05 bits per heavy atom. The van der Waals surface area contributed by atoms with Crippen molar-refractivity contribution in [3.8, 4) is 17.2 Å². The van der Waals surface area contributed by atoms with E-state index in [2.05, 4.69) is 5.48 Å². The molecule has 4 nitrogen and oxygen atoms in total. The summed E-state index contributed by atoms with van der Waals surface area (Å²) < 4.78 is 11.6. The molecular weight excluding hydrogens is 254 g/mol. The number of para-hydroxylation sites is 1. The quantitative estimate of drug-likeness (QED) is 0.865. The van der Waals surface area contributed by atoms with E-state index < -0.39 is 0 Å². The normalized spacial score (nSPS) is 20.3. The van der Waals surface area contributed by atoms with Crippen LogP contribution < -0.4 is 15.0 Å². The van der Waals surface area contributed by atoms with E-state index >= 15 is 0 Å². The van der Waals surface area contributed by atoms with Crippen molar-refractivity contribution in [2.75, 3.05) is 7.11 Å². The molecule has 0 spiro atoms. The first-order valence-corrected chi connectivity index (χ1v) is 6.60. The van der Waals surface area contributed by atoms with E-state index in [1.165, 1.54) is 0 Å². The van der Waals surface area contributed by atoms with Gasteiger partial charge in [0.15, 0.2) is 0 Å². The fraction of sp³-hybridized carbons (Fsp3) is 0.250. The van der Waals surface area contributed by atoms with Crippen LogP contribution in [-0.2, 0) is 4.84 Å². The first-order valence-electron chi connectivity index (χ1n) is 6.60. The van der Waals surface area contributed by atoms with Crippen LogP contribution in [0.3, 0.4) is 0 Å². The molecule has 20 heavy (non-hydrogen) atoms. The highest BCUT2D eigenvalue weighted by atomic mass is 16.6. The van der Waals surface area contributed by atoms with Crippen molar-refractivity contribution in [1.29, 1.82) is 0 Å². The summed E-state index contributed by atoms with van der Waals surface area (Å²) in [6.45, 7) is 2.01. The first-order chi connectivity index (χ1) is 9.78. The van der Waals surface area contributed by atoms with E-state index in [0.717, 1.165) is 22.8 Å². The van der Waals surface area contributed by atoms with Gasteiger partial charge < -0.3 is 14.3 Å². The zero-order valence-electron chi connectivity index (χ0n) is 11.5. The van der Waals surface area contributed by atoms with Gasteiger partial charge in [-0.15, -0.1) is 0 Å². The second kappa shape index (κ2) is 5.53. The molecule has 104 valence electrons. The molecule has 1 heterocycles. The second-order valence-corrected chi connectivity index (χ2v) is 4.74. The molecule has 1 aliphatic rings. The zero-order chi connectivity index (χ0) is 13.9. The summed E-state index contributed by atoms with van der Waals surface area (Å²) in [6.07, 6.45) is 0.0249. The van der Waals surface area contributed by atoms with Gasteiger partial charge in [0.25, 0.3) is 0 Å². The first kappa shape index (κ1) is 13.0. The minimum atomic E-state index is 0.00863. The highest BCUT2D eigenvalue weighted by molar-refractivity contribution is 5.46. The van der Waals surface area contributed by atoms with Crippen LogP contribution in [0.15, 0.2) is 48.5 Å². The van der Waals surface area contributed by atoms with E-state index in [1.54, 1.807) is 7.11 Å². The van der Waals surface area contributed by atoms with Gasteiger partial charge in [0.05, 0.1) is 13.2 Å². The number of benzene rings is 2. The molecular formula is C16H17NO3. The van der Waals surface area contributed by atoms with Crippen molar-refractivity contribution in [3.63, 3.8) is 0 Å². The Kier molecular flexibility index (Phi) is 3.58. The maximum absolute atomic E-state index is 5.84. The van der Waals surface area contributed by atoms with Gasteiger partial charge >= 0.3 is 0 Å². The Balaban J connectivity index is 1.86. The molecule has 2 unspecified atom stereocenters. The Hall–Kier alpha value is -2.04. The van der Waals surface area contributed by atoms with Crippen molar-refractivity contribution < 1.29 is 14.3 Å². The molecule has 0 fully saturated rings. The Morgan fingerprint density at radius 2 is 1.85 bits per heavy atom. The van der Waals surface area contributed by atoms with Gasteiger partial charge in [-0.1, -0.05) is 18.2 Å². The molecule has 0 aromatic heterocycles. The van der Waals surface area contributed by atoms with Gasteiger partial charge in [-0.25, -0.2) is 0 Å². The molecule has 1 aliphatic heterocycles. The van der Waals surface area contributed by atoms with Crippen LogP contribution in [0.1, 0.15) is 18.5 Å². The largest absolute Gasteiger partial charge is 0.488 e. The Bertz CT molecular complexity index is 586. The van der Waals surface area contributed by atoms with Gasteiger partial charge in [-0.2, -0.15) is 5.48 Å². The van der Waals surface area contributed by atoms with Gasteiger partial charge in [0.2, 0.25) is 0 Å². The lowest BCUT2D eigenvalue weighted by atomic mass is 10.1. The minimum absolute atomic E-state index is 0.00863. The number of rotatable bonds is 4. The highest BCUT2D eigenvalue weighted by Gasteiger charge is 2.31. The van der Waals surface area contributed by atoms with E-state index in [4.69, 9.17) is 14.3 Å². The van der Waals surface area contributed by atoms with E-state index in [9.17, 15) is 0 Å². The average Bonchev–Trinajstić information content (AvgIpc) is 2.77. The molecule has 0 amide bonds. The van der Waals surface area contributed by atoms with Crippen LogP contribution in [-0.4, -0.2) is 13.2 Å². The second-order valence-electron chi connectivity index (χ2n) is 4.74. The van der Waals surface area contributed by atoms with Crippen LogP contribution in [0, 0.1) is 0 Å². The highest BCUT2D eigenvalue weighted by Crippen LogP contribution is 2.39. The number of ether oxygens (including phenoxy) is 2. The van der Waals surface area contributed by atoms with Gasteiger partial charge in [-0.05, 0) is 37.3 Å². The number of hydroxylamine groups is 1. The maximum Gasteiger partial charge on any atom is 0.128 e. The van der Waals surface area contributed by atoms with Gasteiger partial charge in [-0.3, -0.25) is 0 Å². The summed E-state index contributed by atoms with van der Waals surface area (Å²) in [7, 11) is 1.61. The standard InChI is InChI=1S/C16H17NO3/c1-11-16(17-18-2)14-10-13(8-9-15(14)19-11)20-12-6-4-3-5-7-12/h3-11,16-17H,1-2H3. The lowest BCUT2D eigenvalue weighted by molar-refractivity contribution is 0.0339. The molecule has 2 aromatic carbocycles. The fourth-order valence-electron chi connectivity index (χ4n) is 2.37. The summed E-state index contributed by atoms with van der Waals surface area (Å²) in [5.41, 5.74) is 4.01. The predicted molar refractivity (Wildman–Crippen MR) is 75.9 cm³/mol. The Morgan fingerprint density at radius 3 is 2.60 bits per heavy atom. The van der Waals surface area contributed by atoms with Crippen molar-refractivity contribution in [2.24, 2.45) is 0 Å². The third kappa shape index (κ3) is 2.48. The molecule has 0 saturated carbocycles. The van der Waals surface area contributed by atoms with Crippen LogP contribution in [0.2, 0.25) is 0 Å². The molecule has 0 radical (unpaired) electrons. The number of hydrogen-bond donors (Lipinski definition) is 1. The van der Waals surface area contributed by atoms with Crippen LogP contribution in [0.4, 0.5) is 0 Å². The average molecular weight is 271 g/mol. The summed E-state index contributed by atoms with van der Waals surface area (Å²) in [5.74, 6) is 2.47. The van der Waals surface area contributed by atoms with E-state index in [1.807, 2.05) is 55.5 Å². The monoisotopic (exact) mass is 271 g/mol. The third-order valence-electron chi connectivity index (χ3n) is 3.32. The molecule has 4 heteroatoms. The summed E-state index contributed by atoms with van der Waals surface area (Å²) in [4.78, 5) is 5.04. The van der Waals surface area contributed by atoms with Crippen molar-refractivity contribution in [2.45, 2.75) is 19.1 Å². The maximum atomic E-state index is 5.84. The summed E-state index contributed by atoms with van der Waals surface area (Å²) in [6, 6.07) is 15.6. The van der Waals surface area contributed by atoms with Gasteiger partial charge in [0, 0.05) is 5.56 Å². The van der Waals surface area contributed by atoms with E-state index in [-0.39, 0.29) is 12.1 Å². The Labute approximate surface area is 118 Å². The molecule has 3 rings (SSSR count). The van der Waals surface area contributed by atoms with Gasteiger partial charge in [0.1, 0.15) is 23.4 Å². The molecule has 2 atom stereocenters. The third-order valence-corrected chi connectivity index (χ3v) is 3.32. The minimum Gasteiger partial charge on any atom is -0.488 e. The van der Waals surface area contributed by atoms with Crippen LogP contribution >= 0.6 is 0 Å². The molecule has 2 aromatic rings. The molecule has 0 bridgehead atoms. The summed E-state index contributed by atoms with van der Waals surface area (Å²) in [5, 5.41) is 0. The van der Waals surface area contributed by atoms with E-state index in [0.29, 0.717) is 0 Å². The SMILES string of the molecule is CONC1c2cc(Oc3ccccc3)ccc2OC1C. The van der Waals surface area contributed by atoms with Crippen LogP contribution in [0.5, 0.6) is 17.2 Å². The lowest BCUT2D eigenvalue weighted by Gasteiger charge is -2.14.